The summed E-state index contributed by atoms with van der Waals surface area (Å²) in [6, 6.07) is 9.86. The molecule has 0 spiro atoms. The van der Waals surface area contributed by atoms with Gasteiger partial charge in [-0.2, -0.15) is 5.10 Å². The van der Waals surface area contributed by atoms with E-state index in [1.54, 1.807) is 4.68 Å². The molecule has 4 nitrogen and oxygen atoms in total. The predicted molar refractivity (Wildman–Crippen MR) is 86.5 cm³/mol. The molecule has 22 heavy (non-hydrogen) atoms. The minimum Gasteiger partial charge on any atom is -0.466 e. The summed E-state index contributed by atoms with van der Waals surface area (Å²) >= 11 is 0. The Morgan fingerprint density at radius 1 is 1.32 bits per heavy atom. The molecule has 0 saturated carbocycles. The average molecular weight is 300 g/mol. The summed E-state index contributed by atoms with van der Waals surface area (Å²) < 4.78 is 7.11. The summed E-state index contributed by atoms with van der Waals surface area (Å²) in [5.41, 5.74) is 1.85. The maximum atomic E-state index is 12.5. The molecule has 0 N–H and O–H groups in total. The summed E-state index contributed by atoms with van der Waals surface area (Å²) in [5, 5.41) is 4.21. The van der Waals surface area contributed by atoms with Crippen molar-refractivity contribution in [2.45, 2.75) is 33.1 Å². The van der Waals surface area contributed by atoms with Crippen molar-refractivity contribution in [3.63, 3.8) is 0 Å². The molecule has 1 aromatic heterocycles. The first kappa shape index (κ1) is 16.3. The highest BCUT2D eigenvalue weighted by molar-refractivity contribution is 5.79. The van der Waals surface area contributed by atoms with Gasteiger partial charge in [0.15, 0.2) is 0 Å². The zero-order valence-electron chi connectivity index (χ0n) is 13.7. The fraction of sp³-hybridized carbons (Fsp3) is 0.444. The molecule has 1 aromatic carbocycles. The molecule has 2 rings (SSSR count). The summed E-state index contributed by atoms with van der Waals surface area (Å²) in [6.07, 6.45) is 4.61. The lowest BCUT2D eigenvalue weighted by Gasteiger charge is -2.32. The first-order valence-electron chi connectivity index (χ1n) is 7.63. The van der Waals surface area contributed by atoms with Crippen molar-refractivity contribution in [2.24, 2.45) is 12.5 Å². The van der Waals surface area contributed by atoms with Gasteiger partial charge < -0.3 is 4.74 Å². The lowest BCUT2D eigenvalue weighted by molar-refractivity contribution is -0.148. The Bertz CT molecular complexity index is 617. The van der Waals surface area contributed by atoms with Gasteiger partial charge in [-0.15, -0.1) is 0 Å². The smallest absolute Gasteiger partial charge is 0.313 e. The number of ether oxygens (including phenoxy) is 1. The van der Waals surface area contributed by atoms with Gasteiger partial charge in [0.25, 0.3) is 0 Å². The number of aryl methyl sites for hydroxylation is 1. The first-order chi connectivity index (χ1) is 10.4. The highest BCUT2D eigenvalue weighted by Gasteiger charge is 2.37. The molecule has 118 valence electrons. The zero-order chi connectivity index (χ0) is 16.2. The van der Waals surface area contributed by atoms with Gasteiger partial charge in [-0.3, -0.25) is 9.48 Å². The molecule has 0 bridgehead atoms. The Hall–Kier alpha value is -2.10. The van der Waals surface area contributed by atoms with Crippen LogP contribution in [-0.4, -0.2) is 22.4 Å². The second kappa shape index (κ2) is 6.77. The van der Waals surface area contributed by atoms with E-state index in [4.69, 9.17) is 4.74 Å². The third-order valence-corrected chi connectivity index (χ3v) is 3.85. The molecule has 0 saturated heterocycles. The van der Waals surface area contributed by atoms with Crippen molar-refractivity contribution in [3.05, 3.63) is 53.9 Å². The van der Waals surface area contributed by atoms with Crippen molar-refractivity contribution >= 4 is 5.97 Å². The molecular formula is C18H24N2O2. The number of nitrogens with zero attached hydrogens (tertiary/aromatic N) is 2. The molecule has 0 aliphatic rings. The topological polar surface area (TPSA) is 44.1 Å². The third-order valence-electron chi connectivity index (χ3n) is 3.85. The number of hydrogen-bond donors (Lipinski definition) is 0. The molecule has 0 fully saturated rings. The van der Waals surface area contributed by atoms with Crippen LogP contribution < -0.4 is 0 Å². The van der Waals surface area contributed by atoms with Crippen LogP contribution in [0.2, 0.25) is 0 Å². The lowest BCUT2D eigenvalue weighted by Crippen LogP contribution is -2.32. The van der Waals surface area contributed by atoms with E-state index < -0.39 is 0 Å². The minimum absolute atomic E-state index is 0.164. The van der Waals surface area contributed by atoms with Gasteiger partial charge in [0.1, 0.15) is 0 Å². The van der Waals surface area contributed by atoms with Gasteiger partial charge >= 0.3 is 5.97 Å². The van der Waals surface area contributed by atoms with Gasteiger partial charge in [-0.25, -0.2) is 0 Å². The van der Waals surface area contributed by atoms with Crippen molar-refractivity contribution in [1.29, 1.82) is 0 Å². The fourth-order valence-electron chi connectivity index (χ4n) is 2.97. The Morgan fingerprint density at radius 3 is 2.55 bits per heavy atom. The third kappa shape index (κ3) is 3.75. The van der Waals surface area contributed by atoms with Crippen LogP contribution in [0.15, 0.2) is 42.7 Å². The van der Waals surface area contributed by atoms with Gasteiger partial charge in [0.05, 0.1) is 18.7 Å². The predicted octanol–water partition coefficient (Wildman–Crippen LogP) is 3.34. The highest BCUT2D eigenvalue weighted by atomic mass is 16.5. The van der Waals surface area contributed by atoms with Crippen LogP contribution in [0, 0.1) is 5.41 Å². The molecule has 1 heterocycles. The minimum atomic E-state index is -0.297. The van der Waals surface area contributed by atoms with Crippen LogP contribution in [0.5, 0.6) is 0 Å². The van der Waals surface area contributed by atoms with Crippen LogP contribution in [0.3, 0.4) is 0 Å². The molecule has 0 aliphatic carbocycles. The van der Waals surface area contributed by atoms with Crippen molar-refractivity contribution in [3.8, 4) is 0 Å². The highest BCUT2D eigenvalue weighted by Crippen LogP contribution is 2.39. The molecule has 2 aromatic rings. The van der Waals surface area contributed by atoms with Gasteiger partial charge in [0.2, 0.25) is 0 Å². The van der Waals surface area contributed by atoms with Crippen LogP contribution in [0.4, 0.5) is 0 Å². The van der Waals surface area contributed by atoms with E-state index >= 15 is 0 Å². The summed E-state index contributed by atoms with van der Waals surface area (Å²) in [4.78, 5) is 12.5. The Kier molecular flexibility index (Phi) is 5.01. The lowest BCUT2D eigenvalue weighted by atomic mass is 9.71. The second-order valence-corrected chi connectivity index (χ2v) is 6.28. The SMILES string of the molecule is CCOC(=O)C(c1ccccc1)C(C)(C)Cc1cnn(C)c1. The van der Waals surface area contributed by atoms with E-state index in [1.807, 2.05) is 56.7 Å². The maximum absolute atomic E-state index is 12.5. The van der Waals surface area contributed by atoms with Crippen LogP contribution >= 0.6 is 0 Å². The molecule has 0 radical (unpaired) electrons. The molecular weight excluding hydrogens is 276 g/mol. The second-order valence-electron chi connectivity index (χ2n) is 6.28. The maximum Gasteiger partial charge on any atom is 0.313 e. The quantitative estimate of drug-likeness (QED) is 0.769. The fourth-order valence-corrected chi connectivity index (χ4v) is 2.97. The number of rotatable bonds is 6. The van der Waals surface area contributed by atoms with E-state index in [1.165, 1.54) is 0 Å². The number of hydrogen-bond acceptors (Lipinski definition) is 3. The normalized spacial score (nSPS) is 12.9. The van der Waals surface area contributed by atoms with Crippen molar-refractivity contribution in [1.82, 2.24) is 9.78 Å². The van der Waals surface area contributed by atoms with Crippen LogP contribution in [-0.2, 0) is 23.0 Å². The van der Waals surface area contributed by atoms with E-state index in [9.17, 15) is 4.79 Å². The van der Waals surface area contributed by atoms with Crippen molar-refractivity contribution < 1.29 is 9.53 Å². The van der Waals surface area contributed by atoms with Gasteiger partial charge in [-0.1, -0.05) is 44.2 Å². The zero-order valence-corrected chi connectivity index (χ0v) is 13.7. The van der Waals surface area contributed by atoms with E-state index in [-0.39, 0.29) is 17.3 Å². The Balaban J connectivity index is 2.32. The van der Waals surface area contributed by atoms with E-state index in [0.29, 0.717) is 6.61 Å². The largest absolute Gasteiger partial charge is 0.466 e. The molecule has 0 aliphatic heterocycles. The number of carbonyl (C=O) groups is 1. The Morgan fingerprint density at radius 2 is 2.00 bits per heavy atom. The number of aromatic nitrogens is 2. The molecule has 1 unspecified atom stereocenters. The van der Waals surface area contributed by atoms with Crippen LogP contribution in [0.1, 0.15) is 37.8 Å². The van der Waals surface area contributed by atoms with Crippen LogP contribution in [0.25, 0.3) is 0 Å². The molecule has 4 heteroatoms. The summed E-state index contributed by atoms with van der Waals surface area (Å²) in [5.74, 6) is -0.462. The van der Waals surface area contributed by atoms with E-state index in [0.717, 1.165) is 17.5 Å². The molecule has 1 atom stereocenters. The summed E-state index contributed by atoms with van der Waals surface area (Å²) in [7, 11) is 1.90. The molecule has 0 amide bonds. The van der Waals surface area contributed by atoms with E-state index in [2.05, 4.69) is 18.9 Å². The van der Waals surface area contributed by atoms with Gasteiger partial charge in [0, 0.05) is 13.2 Å². The average Bonchev–Trinajstić information content (AvgIpc) is 2.84. The van der Waals surface area contributed by atoms with Crippen molar-refractivity contribution in [2.75, 3.05) is 6.61 Å². The van der Waals surface area contributed by atoms with Gasteiger partial charge in [-0.05, 0) is 29.9 Å². The number of esters is 1. The number of benzene rings is 1. The monoisotopic (exact) mass is 300 g/mol. The number of carbonyl (C=O) groups excluding carboxylic acids is 1. The summed E-state index contributed by atoms with van der Waals surface area (Å²) in [6.45, 7) is 6.45. The Labute approximate surface area is 132 Å². The first-order valence-corrected chi connectivity index (χ1v) is 7.63. The standard InChI is InChI=1S/C18H24N2O2/c1-5-22-17(21)16(15-9-7-6-8-10-15)18(2,3)11-14-12-19-20(4)13-14/h6-10,12-13,16H,5,11H2,1-4H3.